The van der Waals surface area contributed by atoms with Crippen LogP contribution >= 0.6 is 0 Å². The molecule has 2 aromatic heterocycles. The molecule has 0 radical (unpaired) electrons. The number of nitrogens with two attached hydrogens (primary N) is 1. The van der Waals surface area contributed by atoms with Crippen molar-refractivity contribution in [3.8, 4) is 11.3 Å². The first-order chi connectivity index (χ1) is 12.0. The van der Waals surface area contributed by atoms with Gasteiger partial charge in [0.2, 0.25) is 5.91 Å². The molecule has 3 rings (SSSR count). The summed E-state index contributed by atoms with van der Waals surface area (Å²) in [5, 5.41) is 13.9. The molecule has 132 valence electrons. The van der Waals surface area contributed by atoms with Gasteiger partial charge in [-0.15, -0.1) is 0 Å². The van der Waals surface area contributed by atoms with Gasteiger partial charge in [0.05, 0.1) is 0 Å². The molecular formula is C17H20N4O4. The lowest BCUT2D eigenvalue weighted by Crippen LogP contribution is -2.42. The van der Waals surface area contributed by atoms with Crippen molar-refractivity contribution in [1.82, 2.24) is 15.0 Å². The van der Waals surface area contributed by atoms with Crippen LogP contribution in [-0.4, -0.2) is 45.1 Å². The molecule has 8 nitrogen and oxygen atoms in total. The summed E-state index contributed by atoms with van der Waals surface area (Å²) in [6.45, 7) is 2.36. The molecule has 0 saturated carbocycles. The molecule has 1 aliphatic rings. The van der Waals surface area contributed by atoms with Crippen LogP contribution in [0.4, 0.5) is 0 Å². The number of rotatable bonds is 4. The Bertz CT molecular complexity index is 764. The average molecular weight is 344 g/mol. The standard InChI is InChI=1S/C17H20N4O4/c1-10(22)15-13(14(20-25-15)12-3-2-6-19-9-12)17(24)21-7-4-11(5-8-21)16(18)23/h2-3,6,9-11,22H,4-5,7-8H2,1H3,(H2,18,23)/t10-/m0/s1. The Kier molecular flexibility index (Phi) is 4.80. The van der Waals surface area contributed by atoms with E-state index >= 15 is 0 Å². The molecule has 0 aliphatic carbocycles. The van der Waals surface area contributed by atoms with E-state index < -0.39 is 6.10 Å². The van der Waals surface area contributed by atoms with Gasteiger partial charge in [-0.1, -0.05) is 5.16 Å². The van der Waals surface area contributed by atoms with E-state index in [1.54, 1.807) is 29.4 Å². The number of nitrogens with zero attached hydrogens (tertiary/aromatic N) is 3. The topological polar surface area (TPSA) is 123 Å². The van der Waals surface area contributed by atoms with Crippen LogP contribution < -0.4 is 5.73 Å². The number of amides is 2. The first-order valence-corrected chi connectivity index (χ1v) is 8.15. The number of hydrogen-bond donors (Lipinski definition) is 2. The Morgan fingerprint density at radius 1 is 1.40 bits per heavy atom. The summed E-state index contributed by atoms with van der Waals surface area (Å²) < 4.78 is 5.23. The summed E-state index contributed by atoms with van der Waals surface area (Å²) in [5.74, 6) is -0.696. The first kappa shape index (κ1) is 17.1. The Hall–Kier alpha value is -2.74. The van der Waals surface area contributed by atoms with Gasteiger partial charge in [0, 0.05) is 37.0 Å². The number of aliphatic hydroxyl groups is 1. The van der Waals surface area contributed by atoms with Gasteiger partial charge in [0.15, 0.2) is 5.76 Å². The third kappa shape index (κ3) is 3.39. The minimum Gasteiger partial charge on any atom is -0.385 e. The lowest BCUT2D eigenvalue weighted by Gasteiger charge is -2.30. The number of primary amides is 1. The summed E-state index contributed by atoms with van der Waals surface area (Å²) in [6.07, 6.45) is 3.28. The maximum Gasteiger partial charge on any atom is 0.259 e. The largest absolute Gasteiger partial charge is 0.385 e. The van der Waals surface area contributed by atoms with Crippen molar-refractivity contribution in [2.75, 3.05) is 13.1 Å². The average Bonchev–Trinajstić information content (AvgIpc) is 3.07. The van der Waals surface area contributed by atoms with Crippen molar-refractivity contribution in [3.63, 3.8) is 0 Å². The molecule has 0 spiro atoms. The van der Waals surface area contributed by atoms with Gasteiger partial charge in [-0.25, -0.2) is 0 Å². The Labute approximate surface area is 144 Å². The molecule has 25 heavy (non-hydrogen) atoms. The van der Waals surface area contributed by atoms with E-state index in [-0.39, 0.29) is 29.1 Å². The normalized spacial score (nSPS) is 16.6. The molecule has 1 aliphatic heterocycles. The molecule has 3 N–H and O–H groups in total. The molecule has 1 fully saturated rings. The number of aromatic nitrogens is 2. The summed E-state index contributed by atoms with van der Waals surface area (Å²) in [5.41, 5.74) is 6.56. The van der Waals surface area contributed by atoms with Crippen molar-refractivity contribution in [2.24, 2.45) is 11.7 Å². The van der Waals surface area contributed by atoms with Crippen LogP contribution in [-0.2, 0) is 4.79 Å². The van der Waals surface area contributed by atoms with Gasteiger partial charge < -0.3 is 20.3 Å². The van der Waals surface area contributed by atoms with Crippen molar-refractivity contribution in [2.45, 2.75) is 25.9 Å². The van der Waals surface area contributed by atoms with Crippen molar-refractivity contribution in [3.05, 3.63) is 35.9 Å². The summed E-state index contributed by atoms with van der Waals surface area (Å²) in [4.78, 5) is 30.0. The molecule has 0 bridgehead atoms. The Morgan fingerprint density at radius 2 is 2.12 bits per heavy atom. The molecule has 0 aromatic carbocycles. The maximum atomic E-state index is 13.0. The van der Waals surface area contributed by atoms with Gasteiger partial charge in [0.25, 0.3) is 5.91 Å². The third-order valence-electron chi connectivity index (χ3n) is 4.43. The lowest BCUT2D eigenvalue weighted by molar-refractivity contribution is -0.123. The number of carbonyl (C=O) groups is 2. The van der Waals surface area contributed by atoms with E-state index in [4.69, 9.17) is 10.3 Å². The maximum absolute atomic E-state index is 13.0. The van der Waals surface area contributed by atoms with Crippen LogP contribution in [0.1, 0.15) is 42.0 Å². The number of piperidine rings is 1. The quantitative estimate of drug-likeness (QED) is 0.857. The number of carbonyl (C=O) groups excluding carboxylic acids is 2. The van der Waals surface area contributed by atoms with E-state index in [2.05, 4.69) is 10.1 Å². The van der Waals surface area contributed by atoms with Crippen molar-refractivity contribution >= 4 is 11.8 Å². The summed E-state index contributed by atoms with van der Waals surface area (Å²) in [6, 6.07) is 3.51. The van der Waals surface area contributed by atoms with Crippen molar-refractivity contribution < 1.29 is 19.2 Å². The van der Waals surface area contributed by atoms with E-state index in [9.17, 15) is 14.7 Å². The van der Waals surface area contributed by atoms with E-state index in [1.165, 1.54) is 6.92 Å². The van der Waals surface area contributed by atoms with E-state index in [1.807, 2.05) is 0 Å². The number of aliphatic hydroxyl groups excluding tert-OH is 1. The van der Waals surface area contributed by atoms with Crippen LogP contribution in [0.15, 0.2) is 29.0 Å². The fraction of sp³-hybridized carbons (Fsp3) is 0.412. The van der Waals surface area contributed by atoms with E-state index in [0.29, 0.717) is 37.2 Å². The molecule has 8 heteroatoms. The highest BCUT2D eigenvalue weighted by Gasteiger charge is 2.32. The number of pyridine rings is 1. The Balaban J connectivity index is 1.92. The lowest BCUT2D eigenvalue weighted by atomic mass is 9.95. The van der Waals surface area contributed by atoms with Crippen LogP contribution in [0.25, 0.3) is 11.3 Å². The molecule has 1 atom stereocenters. The predicted molar refractivity (Wildman–Crippen MR) is 88.2 cm³/mol. The van der Waals surface area contributed by atoms with Crippen LogP contribution in [0, 0.1) is 5.92 Å². The highest BCUT2D eigenvalue weighted by molar-refractivity contribution is 6.01. The Morgan fingerprint density at radius 3 is 2.68 bits per heavy atom. The fourth-order valence-electron chi connectivity index (χ4n) is 3.02. The second kappa shape index (κ2) is 7.02. The van der Waals surface area contributed by atoms with Gasteiger partial charge in [-0.05, 0) is 31.9 Å². The molecule has 2 amide bonds. The number of hydrogen-bond acceptors (Lipinski definition) is 6. The van der Waals surface area contributed by atoms with Crippen LogP contribution in [0.3, 0.4) is 0 Å². The second-order valence-corrected chi connectivity index (χ2v) is 6.16. The zero-order valence-electron chi connectivity index (χ0n) is 13.9. The first-order valence-electron chi connectivity index (χ1n) is 8.15. The van der Waals surface area contributed by atoms with Crippen molar-refractivity contribution in [1.29, 1.82) is 0 Å². The van der Waals surface area contributed by atoms with Gasteiger partial charge in [-0.3, -0.25) is 14.6 Å². The van der Waals surface area contributed by atoms with Crippen LogP contribution in [0.5, 0.6) is 0 Å². The fourth-order valence-corrected chi connectivity index (χ4v) is 3.02. The zero-order chi connectivity index (χ0) is 18.0. The highest BCUT2D eigenvalue weighted by atomic mass is 16.5. The second-order valence-electron chi connectivity index (χ2n) is 6.16. The van der Waals surface area contributed by atoms with Gasteiger partial charge >= 0.3 is 0 Å². The molecule has 2 aromatic rings. The highest BCUT2D eigenvalue weighted by Crippen LogP contribution is 2.31. The zero-order valence-corrected chi connectivity index (χ0v) is 13.9. The predicted octanol–water partition coefficient (Wildman–Crippen LogP) is 1.13. The molecule has 1 saturated heterocycles. The van der Waals surface area contributed by atoms with Gasteiger partial charge in [-0.2, -0.15) is 0 Å². The molecule has 0 unspecified atom stereocenters. The van der Waals surface area contributed by atoms with Gasteiger partial charge in [0.1, 0.15) is 17.4 Å². The minimum atomic E-state index is -0.972. The summed E-state index contributed by atoms with van der Waals surface area (Å²) in [7, 11) is 0. The molecular weight excluding hydrogens is 324 g/mol. The molecule has 3 heterocycles. The SMILES string of the molecule is C[C@H](O)c1onc(-c2cccnc2)c1C(=O)N1CCC(C(N)=O)CC1. The third-order valence-corrected chi connectivity index (χ3v) is 4.43. The minimum absolute atomic E-state index is 0.126. The van der Waals surface area contributed by atoms with Crippen LogP contribution in [0.2, 0.25) is 0 Å². The summed E-state index contributed by atoms with van der Waals surface area (Å²) >= 11 is 0. The monoisotopic (exact) mass is 344 g/mol. The van der Waals surface area contributed by atoms with E-state index in [0.717, 1.165) is 0 Å². The smallest absolute Gasteiger partial charge is 0.259 e. The number of likely N-dealkylation sites (tertiary alicyclic amines) is 1.